The normalized spacial score (nSPS) is 13.7. The number of allylic oxidation sites excluding steroid dienone is 1. The van der Waals surface area contributed by atoms with Crippen LogP contribution in [-0.2, 0) is 6.54 Å². The number of carbonyl (C=O) groups is 2. The largest absolute Gasteiger partial charge is 0.497 e. The molecule has 0 bridgehead atoms. The molecular weight excluding hydrogens is 466 g/mol. The molecule has 0 saturated heterocycles. The highest BCUT2D eigenvalue weighted by Crippen LogP contribution is 2.36. The van der Waals surface area contributed by atoms with E-state index in [1.807, 2.05) is 24.4 Å². The minimum Gasteiger partial charge on any atom is -0.497 e. The lowest BCUT2D eigenvalue weighted by Crippen LogP contribution is -2.11. The van der Waals surface area contributed by atoms with Crippen LogP contribution in [0, 0.1) is 0 Å². The third-order valence-corrected chi connectivity index (χ3v) is 6.18. The van der Waals surface area contributed by atoms with Crippen molar-refractivity contribution in [2.45, 2.75) is 13.5 Å². The van der Waals surface area contributed by atoms with E-state index in [-0.39, 0.29) is 23.9 Å². The Morgan fingerprint density at radius 3 is 2.57 bits per heavy atom. The number of ketones is 2. The van der Waals surface area contributed by atoms with Gasteiger partial charge in [0.2, 0.25) is 5.78 Å². The van der Waals surface area contributed by atoms with Crippen LogP contribution in [0.5, 0.6) is 17.2 Å². The van der Waals surface area contributed by atoms with Gasteiger partial charge in [-0.2, -0.15) is 0 Å². The van der Waals surface area contributed by atoms with Gasteiger partial charge in [-0.3, -0.25) is 9.59 Å². The van der Waals surface area contributed by atoms with Crippen molar-refractivity contribution in [3.05, 3.63) is 94.3 Å². The minimum atomic E-state index is -0.205. The molecule has 1 aliphatic heterocycles. The maximum Gasteiger partial charge on any atom is 0.231 e. The van der Waals surface area contributed by atoms with Crippen molar-refractivity contribution in [2.75, 3.05) is 13.7 Å². The maximum absolute atomic E-state index is 13.0. The number of aromatic nitrogens is 1. The first-order valence-corrected chi connectivity index (χ1v) is 11.5. The molecule has 0 amide bonds. The molecule has 0 aliphatic carbocycles. The third-order valence-electron chi connectivity index (χ3n) is 5.92. The standard InChI is InChI=1S/C28H22ClNO5/c1-3-30-15-18(23-13-20(33-2)9-11-24(23)30)12-27-28(32)22-10-8-21(14-26(22)35-27)34-16-25(31)17-4-6-19(29)7-5-17/h4-15H,3,16H2,1-2H3/b27-12-. The van der Waals surface area contributed by atoms with Gasteiger partial charge in [0.15, 0.2) is 18.1 Å². The van der Waals surface area contributed by atoms with Crippen molar-refractivity contribution < 1.29 is 23.8 Å². The number of fused-ring (bicyclic) bond motifs is 2. The number of hydrogen-bond acceptors (Lipinski definition) is 5. The number of nitrogens with zero attached hydrogens (tertiary/aromatic N) is 1. The fourth-order valence-corrected chi connectivity index (χ4v) is 4.20. The highest BCUT2D eigenvalue weighted by molar-refractivity contribution is 6.30. The summed E-state index contributed by atoms with van der Waals surface area (Å²) in [5, 5.41) is 1.53. The maximum atomic E-state index is 13.0. The molecule has 2 heterocycles. The molecule has 0 fully saturated rings. The van der Waals surface area contributed by atoms with Crippen LogP contribution in [0.15, 0.2) is 72.6 Å². The molecule has 0 radical (unpaired) electrons. The molecule has 6 nitrogen and oxygen atoms in total. The van der Waals surface area contributed by atoms with Gasteiger partial charge in [-0.1, -0.05) is 11.6 Å². The zero-order valence-electron chi connectivity index (χ0n) is 19.2. The SMILES string of the molecule is CCn1cc(/C=C2\Oc3cc(OCC(=O)c4ccc(Cl)cc4)ccc3C2=O)c2cc(OC)ccc21. The first-order chi connectivity index (χ1) is 17.0. The summed E-state index contributed by atoms with van der Waals surface area (Å²) in [5.41, 5.74) is 2.87. The Balaban J connectivity index is 1.37. The number of hydrogen-bond donors (Lipinski definition) is 0. The van der Waals surface area contributed by atoms with Crippen molar-refractivity contribution in [1.29, 1.82) is 0 Å². The quantitative estimate of drug-likeness (QED) is 0.229. The zero-order valence-corrected chi connectivity index (χ0v) is 20.0. The fourth-order valence-electron chi connectivity index (χ4n) is 4.07. The summed E-state index contributed by atoms with van der Waals surface area (Å²) in [6.07, 6.45) is 3.74. The second-order valence-electron chi connectivity index (χ2n) is 8.07. The molecule has 0 atom stereocenters. The summed E-state index contributed by atoms with van der Waals surface area (Å²) >= 11 is 5.87. The Bertz CT molecular complexity index is 1480. The Labute approximate surface area is 207 Å². The van der Waals surface area contributed by atoms with Gasteiger partial charge in [0, 0.05) is 45.9 Å². The number of methoxy groups -OCH3 is 1. The van der Waals surface area contributed by atoms with E-state index in [4.69, 9.17) is 25.8 Å². The summed E-state index contributed by atoms with van der Waals surface area (Å²) in [6.45, 7) is 2.71. The first kappa shape index (κ1) is 22.7. The number of benzene rings is 3. The van der Waals surface area contributed by atoms with E-state index in [2.05, 4.69) is 11.5 Å². The number of rotatable bonds is 7. The summed E-state index contributed by atoms with van der Waals surface area (Å²) < 4.78 is 19.1. The van der Waals surface area contributed by atoms with E-state index in [0.29, 0.717) is 27.6 Å². The summed E-state index contributed by atoms with van der Waals surface area (Å²) in [4.78, 5) is 25.4. The number of carbonyl (C=O) groups excluding carboxylic acids is 2. The predicted molar refractivity (Wildman–Crippen MR) is 135 cm³/mol. The van der Waals surface area contributed by atoms with Crippen molar-refractivity contribution in [3.63, 3.8) is 0 Å². The van der Waals surface area contributed by atoms with Crippen LogP contribution in [0.1, 0.15) is 33.2 Å². The fraction of sp³-hybridized carbons (Fsp3) is 0.143. The molecule has 0 N–H and O–H groups in total. The minimum absolute atomic E-state index is 0.143. The zero-order chi connectivity index (χ0) is 24.5. The smallest absolute Gasteiger partial charge is 0.231 e. The van der Waals surface area contributed by atoms with E-state index in [9.17, 15) is 9.59 Å². The van der Waals surface area contributed by atoms with Gasteiger partial charge in [-0.25, -0.2) is 0 Å². The van der Waals surface area contributed by atoms with Crippen LogP contribution >= 0.6 is 11.6 Å². The molecule has 0 saturated carbocycles. The molecule has 176 valence electrons. The van der Waals surface area contributed by atoms with Gasteiger partial charge in [-0.15, -0.1) is 0 Å². The molecule has 35 heavy (non-hydrogen) atoms. The lowest BCUT2D eigenvalue weighted by atomic mass is 10.1. The molecule has 3 aromatic carbocycles. The van der Waals surface area contributed by atoms with Gasteiger partial charge in [0.05, 0.1) is 12.7 Å². The second kappa shape index (κ2) is 9.31. The summed E-state index contributed by atoms with van der Waals surface area (Å²) in [7, 11) is 1.62. The van der Waals surface area contributed by atoms with E-state index in [1.165, 1.54) is 0 Å². The van der Waals surface area contributed by atoms with Crippen molar-refractivity contribution in [2.24, 2.45) is 0 Å². The van der Waals surface area contributed by atoms with Gasteiger partial charge in [0.25, 0.3) is 0 Å². The molecule has 1 aromatic heterocycles. The molecule has 0 spiro atoms. The number of halogens is 1. The lowest BCUT2D eigenvalue weighted by molar-refractivity contribution is 0.0921. The summed E-state index contributed by atoms with van der Waals surface area (Å²) in [5.74, 6) is 1.42. The predicted octanol–water partition coefficient (Wildman–Crippen LogP) is 6.20. The van der Waals surface area contributed by atoms with E-state index < -0.39 is 0 Å². The average Bonchev–Trinajstić information content (AvgIpc) is 3.39. The number of Topliss-reactive ketones (excluding diaryl/α,β-unsaturated/α-hetero) is 2. The first-order valence-electron chi connectivity index (χ1n) is 11.1. The van der Waals surface area contributed by atoms with Crippen LogP contribution in [0.3, 0.4) is 0 Å². The number of ether oxygens (including phenoxy) is 3. The Morgan fingerprint density at radius 2 is 1.83 bits per heavy atom. The van der Waals surface area contributed by atoms with E-state index in [0.717, 1.165) is 28.8 Å². The Morgan fingerprint density at radius 1 is 1.06 bits per heavy atom. The Hall–Kier alpha value is -4.03. The third kappa shape index (κ3) is 4.40. The Kier molecular flexibility index (Phi) is 6.05. The molecule has 1 aliphatic rings. The monoisotopic (exact) mass is 487 g/mol. The molecule has 7 heteroatoms. The highest BCUT2D eigenvalue weighted by atomic mass is 35.5. The van der Waals surface area contributed by atoms with Gasteiger partial charge < -0.3 is 18.8 Å². The van der Waals surface area contributed by atoms with Crippen LogP contribution in [0.25, 0.3) is 17.0 Å². The topological polar surface area (TPSA) is 66.8 Å². The number of aryl methyl sites for hydroxylation is 1. The van der Waals surface area contributed by atoms with Gasteiger partial charge in [-0.05, 0) is 67.6 Å². The van der Waals surface area contributed by atoms with E-state index >= 15 is 0 Å². The molecule has 0 unspecified atom stereocenters. The van der Waals surface area contributed by atoms with Crippen LogP contribution in [0.2, 0.25) is 5.02 Å². The van der Waals surface area contributed by atoms with Crippen molar-refractivity contribution in [3.8, 4) is 17.2 Å². The van der Waals surface area contributed by atoms with Gasteiger partial charge >= 0.3 is 0 Å². The molecule has 4 aromatic rings. The van der Waals surface area contributed by atoms with Crippen molar-refractivity contribution in [1.82, 2.24) is 4.57 Å². The lowest BCUT2D eigenvalue weighted by Gasteiger charge is -2.07. The van der Waals surface area contributed by atoms with E-state index in [1.54, 1.807) is 55.7 Å². The average molecular weight is 488 g/mol. The van der Waals surface area contributed by atoms with Crippen LogP contribution < -0.4 is 14.2 Å². The molecule has 5 rings (SSSR count). The second-order valence-corrected chi connectivity index (χ2v) is 8.51. The highest BCUT2D eigenvalue weighted by Gasteiger charge is 2.28. The molecular formula is C28H22ClNO5. The summed E-state index contributed by atoms with van der Waals surface area (Å²) in [6, 6.07) is 17.4. The van der Waals surface area contributed by atoms with Crippen molar-refractivity contribution >= 4 is 40.1 Å². The van der Waals surface area contributed by atoms with Gasteiger partial charge in [0.1, 0.15) is 17.2 Å². The van der Waals surface area contributed by atoms with Crippen LogP contribution in [0.4, 0.5) is 0 Å². The van der Waals surface area contributed by atoms with Crippen LogP contribution in [-0.4, -0.2) is 29.9 Å².